The quantitative estimate of drug-likeness (QED) is 0.0646. The number of likely N-dealkylation sites (tertiary alicyclic amines) is 1. The summed E-state index contributed by atoms with van der Waals surface area (Å²) in [5, 5.41) is 29.2. The highest BCUT2D eigenvalue weighted by Gasteiger charge is 2.54. The van der Waals surface area contributed by atoms with E-state index in [2.05, 4.69) is 64.1 Å². The van der Waals surface area contributed by atoms with Gasteiger partial charge in [0.25, 0.3) is 14.2 Å². The van der Waals surface area contributed by atoms with E-state index >= 15 is 0 Å². The molecule has 1 saturated heterocycles. The lowest BCUT2D eigenvalue weighted by Crippen LogP contribution is -2.53. The number of hydrogen-bond donors (Lipinski definition) is 5. The van der Waals surface area contributed by atoms with Gasteiger partial charge in [-0.15, -0.1) is 0 Å². The molecule has 3 aliphatic rings. The van der Waals surface area contributed by atoms with Crippen LogP contribution in [0.25, 0.3) is 0 Å². The number of anilines is 2. The van der Waals surface area contributed by atoms with Gasteiger partial charge in [0, 0.05) is 18.3 Å². The fourth-order valence-electron chi connectivity index (χ4n) is 8.87. The topological polar surface area (TPSA) is 196 Å². The van der Waals surface area contributed by atoms with Crippen LogP contribution in [0.2, 0.25) is 16.6 Å². The second-order valence-electron chi connectivity index (χ2n) is 18.6. The molecule has 340 valence electrons. The van der Waals surface area contributed by atoms with Crippen molar-refractivity contribution in [1.29, 1.82) is 0 Å². The normalized spacial score (nSPS) is 17.8. The van der Waals surface area contributed by atoms with E-state index in [-0.39, 0.29) is 77.0 Å². The van der Waals surface area contributed by atoms with E-state index in [0.29, 0.717) is 35.7 Å². The zero-order chi connectivity index (χ0) is 45.7. The molecule has 1 aliphatic heterocycles. The van der Waals surface area contributed by atoms with Gasteiger partial charge in [-0.2, -0.15) is 0 Å². The van der Waals surface area contributed by atoms with E-state index in [1.165, 1.54) is 13.0 Å². The maximum atomic E-state index is 14.7. The van der Waals surface area contributed by atoms with Crippen molar-refractivity contribution < 1.29 is 48.1 Å². The van der Waals surface area contributed by atoms with Crippen molar-refractivity contribution in [2.75, 3.05) is 30.0 Å². The number of amides is 5. The van der Waals surface area contributed by atoms with Crippen molar-refractivity contribution >= 4 is 49.6 Å². The molecule has 5 amide bonds. The summed E-state index contributed by atoms with van der Waals surface area (Å²) in [4.78, 5) is 69.3. The van der Waals surface area contributed by atoms with Crippen molar-refractivity contribution in [1.82, 2.24) is 15.5 Å². The first-order chi connectivity index (χ1) is 29.2. The molecule has 1 spiro atoms. The molecule has 5 rings (SSSR count). The lowest BCUT2D eigenvalue weighted by Gasteiger charge is -2.42. The Hall–Kier alpha value is -5.09. The van der Waals surface area contributed by atoms with Crippen LogP contribution in [0.3, 0.4) is 0 Å². The number of aliphatic hydroxyl groups excluding tert-OH is 1. The fourth-order valence-corrected chi connectivity index (χ4v) is 14.1. The summed E-state index contributed by atoms with van der Waals surface area (Å²) in [6.45, 7) is 21.7. The van der Waals surface area contributed by atoms with Crippen LogP contribution in [0.4, 0.5) is 21.0 Å². The third kappa shape index (κ3) is 11.1. The number of carbonyl (C=O) groups excluding carboxylic acids is 4. The second-order valence-corrected chi connectivity index (χ2v) is 23.9. The van der Waals surface area contributed by atoms with E-state index in [1.807, 2.05) is 0 Å². The molecular weight excluding hydrogens is 811 g/mol. The molecule has 1 heterocycles. The molecule has 62 heavy (non-hydrogen) atoms. The summed E-state index contributed by atoms with van der Waals surface area (Å²) in [6.07, 6.45) is 3.68. The highest BCUT2D eigenvalue weighted by atomic mass is 28.4. The number of carbonyl (C=O) groups is 5. The van der Waals surface area contributed by atoms with Crippen LogP contribution >= 0.6 is 0 Å². The standard InChI is InChI=1S/C46H67N5O10Si/c1-11-20-59-44(56)49-40(27(2)3)42(54)47-31(10)41(53)48-33-14-12-32(13-15-33)24-50(45(57)58)37-22-39(61-62(28(4)5,29(6)7)30(8)9)38(60-35-16-17-35)21-36(37)43(55)51-26-46(18-19-46)23-34(51)25-52/h11-15,21-22,27-31,34-35,40,52H,1,16-20,23-26H2,2-10H3,(H,47,54)(H,48,53)(H,49,56)(H,57,58)/t31-,34-,40-/m0/s1. The highest BCUT2D eigenvalue weighted by Crippen LogP contribution is 2.55. The molecule has 15 nitrogen and oxygen atoms in total. The SMILES string of the molecule is C=CCOC(=O)N[C@H](C(=O)N[C@@H](C)C(=O)Nc1ccc(CN(C(=O)O)c2cc(O[Si](C(C)C)(C(C)C)C(C)C)c(OC3CC3)cc2C(=O)N2CC3(CC3)C[C@H]2CO)cc1)C(C)C. The van der Waals surface area contributed by atoms with Crippen molar-refractivity contribution in [3.05, 3.63) is 60.2 Å². The van der Waals surface area contributed by atoms with Crippen LogP contribution in [-0.4, -0.2) is 97.3 Å². The van der Waals surface area contributed by atoms with Crippen LogP contribution in [0.1, 0.15) is 110 Å². The summed E-state index contributed by atoms with van der Waals surface area (Å²) in [6, 6.07) is 7.62. The van der Waals surface area contributed by atoms with E-state index in [1.54, 1.807) is 55.1 Å². The summed E-state index contributed by atoms with van der Waals surface area (Å²) in [7, 11) is -2.60. The molecule has 3 atom stereocenters. The Bertz CT molecular complexity index is 1940. The number of rotatable bonds is 20. The average molecular weight is 878 g/mol. The number of hydrogen-bond acceptors (Lipinski definition) is 9. The van der Waals surface area contributed by atoms with Crippen molar-refractivity contribution in [2.45, 2.75) is 142 Å². The predicted octanol–water partition coefficient (Wildman–Crippen LogP) is 7.83. The lowest BCUT2D eigenvalue weighted by atomic mass is 10.0. The van der Waals surface area contributed by atoms with E-state index < -0.39 is 44.4 Å². The Kier molecular flexibility index (Phi) is 15.4. The van der Waals surface area contributed by atoms with Crippen molar-refractivity contribution in [2.24, 2.45) is 11.3 Å². The average Bonchev–Trinajstić information content (AvgIpc) is 4.15. The molecule has 0 bridgehead atoms. The van der Waals surface area contributed by atoms with Gasteiger partial charge in [0.05, 0.1) is 36.5 Å². The van der Waals surface area contributed by atoms with Gasteiger partial charge in [0.2, 0.25) is 11.8 Å². The molecule has 2 saturated carbocycles. The molecule has 0 radical (unpaired) electrons. The molecule has 3 fully saturated rings. The van der Waals surface area contributed by atoms with Crippen LogP contribution in [0.15, 0.2) is 49.1 Å². The maximum absolute atomic E-state index is 14.7. The minimum atomic E-state index is -2.60. The smallest absolute Gasteiger partial charge is 0.412 e. The van der Waals surface area contributed by atoms with Crippen LogP contribution in [0, 0.1) is 11.3 Å². The number of aliphatic hydroxyl groups is 1. The lowest BCUT2D eigenvalue weighted by molar-refractivity contribution is -0.128. The van der Waals surface area contributed by atoms with Gasteiger partial charge in [0.1, 0.15) is 24.4 Å². The van der Waals surface area contributed by atoms with Crippen molar-refractivity contribution in [3.63, 3.8) is 0 Å². The summed E-state index contributed by atoms with van der Waals surface area (Å²) in [5.41, 5.74) is 1.86. The van der Waals surface area contributed by atoms with Gasteiger partial charge in [-0.05, 0) is 90.7 Å². The third-order valence-corrected chi connectivity index (χ3v) is 18.5. The first-order valence-corrected chi connectivity index (χ1v) is 24.1. The fraction of sp³-hybridized carbons (Fsp3) is 0.587. The Balaban J connectivity index is 1.44. The Morgan fingerprint density at radius 3 is 2.06 bits per heavy atom. The monoisotopic (exact) mass is 877 g/mol. The molecule has 2 aliphatic carbocycles. The van der Waals surface area contributed by atoms with Crippen molar-refractivity contribution in [3.8, 4) is 11.5 Å². The van der Waals surface area contributed by atoms with E-state index in [0.717, 1.165) is 30.6 Å². The first-order valence-electron chi connectivity index (χ1n) is 22.0. The largest absolute Gasteiger partial charge is 0.540 e. The van der Waals surface area contributed by atoms with Gasteiger partial charge in [-0.3, -0.25) is 19.3 Å². The molecule has 0 aromatic heterocycles. The number of nitrogens with one attached hydrogen (secondary N) is 3. The van der Waals surface area contributed by atoms with Crippen LogP contribution in [0.5, 0.6) is 11.5 Å². The second kappa shape index (κ2) is 20.0. The van der Waals surface area contributed by atoms with Gasteiger partial charge in [-0.1, -0.05) is 80.2 Å². The summed E-state index contributed by atoms with van der Waals surface area (Å²) < 4.78 is 18.6. The van der Waals surface area contributed by atoms with Gasteiger partial charge >= 0.3 is 12.2 Å². The minimum Gasteiger partial charge on any atom is -0.540 e. The van der Waals surface area contributed by atoms with E-state index in [4.69, 9.17) is 13.9 Å². The third-order valence-electron chi connectivity index (χ3n) is 12.5. The molecule has 2 aromatic rings. The van der Waals surface area contributed by atoms with Gasteiger partial charge in [-0.25, -0.2) is 9.59 Å². The van der Waals surface area contributed by atoms with Crippen LogP contribution in [-0.2, 0) is 20.9 Å². The number of nitrogens with zero attached hydrogens (tertiary/aromatic N) is 2. The highest BCUT2D eigenvalue weighted by molar-refractivity contribution is 6.78. The predicted molar refractivity (Wildman–Crippen MR) is 240 cm³/mol. The number of alkyl carbamates (subject to hydrolysis) is 1. The summed E-state index contributed by atoms with van der Waals surface area (Å²) in [5.74, 6) is -0.918. The molecule has 5 N–H and O–H groups in total. The van der Waals surface area contributed by atoms with E-state index in [9.17, 15) is 34.2 Å². The summed E-state index contributed by atoms with van der Waals surface area (Å²) >= 11 is 0. The molecule has 16 heteroatoms. The maximum Gasteiger partial charge on any atom is 0.412 e. The number of ether oxygens (including phenoxy) is 2. The Labute approximate surface area is 367 Å². The zero-order valence-electron chi connectivity index (χ0n) is 37.8. The molecule has 0 unspecified atom stereocenters. The molecular formula is C46H67N5O10Si. The van der Waals surface area contributed by atoms with Crippen LogP contribution < -0.4 is 30.0 Å². The van der Waals surface area contributed by atoms with Gasteiger partial charge in [0.15, 0.2) is 5.75 Å². The number of carboxylic acid groups (broad SMARTS) is 1. The Morgan fingerprint density at radius 2 is 1.55 bits per heavy atom. The zero-order valence-corrected chi connectivity index (χ0v) is 38.8. The Morgan fingerprint density at radius 1 is 0.919 bits per heavy atom. The molecule has 2 aromatic carbocycles. The minimum absolute atomic E-state index is 0.0155. The number of benzene rings is 2. The first kappa shape index (κ1) is 47.9. The van der Waals surface area contributed by atoms with Gasteiger partial charge < -0.3 is 45.0 Å².